The summed E-state index contributed by atoms with van der Waals surface area (Å²) in [6, 6.07) is 17.6. The number of methoxy groups -OCH3 is 2. The van der Waals surface area contributed by atoms with E-state index in [0.717, 1.165) is 11.1 Å². The molecule has 1 atom stereocenters. The van der Waals surface area contributed by atoms with Crippen LogP contribution in [0.2, 0.25) is 5.02 Å². The van der Waals surface area contributed by atoms with Gasteiger partial charge in [-0.05, 0) is 67.4 Å². The molecule has 0 aliphatic carbocycles. The Labute approximate surface area is 215 Å². The molecule has 36 heavy (non-hydrogen) atoms. The number of fused-ring (bicyclic) bond motifs is 1. The summed E-state index contributed by atoms with van der Waals surface area (Å²) in [6.45, 7) is 2.59. The molecule has 0 saturated heterocycles. The Hall–Kier alpha value is -3.91. The molecule has 1 heterocycles. The number of halogens is 1. The first kappa shape index (κ1) is 25.2. The summed E-state index contributed by atoms with van der Waals surface area (Å²) >= 11 is 5.98. The fourth-order valence-electron chi connectivity index (χ4n) is 4.03. The summed E-state index contributed by atoms with van der Waals surface area (Å²) in [5.41, 5.74) is 2.99. The molecule has 9 heteroatoms. The van der Waals surface area contributed by atoms with E-state index in [4.69, 9.17) is 25.8 Å². The Morgan fingerprint density at radius 1 is 1.03 bits per heavy atom. The second kappa shape index (κ2) is 11.2. The fraction of sp³-hybridized carbons (Fsp3) is 0.259. The Bertz CT molecular complexity index is 1270. The van der Waals surface area contributed by atoms with E-state index in [0.29, 0.717) is 53.2 Å². The van der Waals surface area contributed by atoms with Gasteiger partial charge in [-0.25, -0.2) is 4.79 Å². The predicted molar refractivity (Wildman–Crippen MR) is 139 cm³/mol. The van der Waals surface area contributed by atoms with Crippen LogP contribution in [-0.4, -0.2) is 43.7 Å². The number of urea groups is 1. The molecule has 0 aromatic heterocycles. The molecular weight excluding hydrogens is 482 g/mol. The Balaban J connectivity index is 1.46. The highest BCUT2D eigenvalue weighted by Crippen LogP contribution is 2.30. The molecule has 3 aromatic rings. The highest BCUT2D eigenvalue weighted by Gasteiger charge is 2.28. The van der Waals surface area contributed by atoms with Crippen molar-refractivity contribution in [1.82, 2.24) is 4.90 Å². The van der Waals surface area contributed by atoms with Crippen LogP contribution in [0.25, 0.3) is 0 Å². The maximum Gasteiger partial charge on any atom is 0.323 e. The summed E-state index contributed by atoms with van der Waals surface area (Å²) in [5.74, 6) is 1.82. The van der Waals surface area contributed by atoms with Gasteiger partial charge < -0.3 is 29.7 Å². The number of amides is 3. The van der Waals surface area contributed by atoms with Crippen LogP contribution in [0.3, 0.4) is 0 Å². The zero-order valence-corrected chi connectivity index (χ0v) is 21.1. The molecular formula is C27H28ClN3O5. The monoisotopic (exact) mass is 509 g/mol. The molecule has 188 valence electrons. The van der Waals surface area contributed by atoms with Crippen LogP contribution in [0.5, 0.6) is 17.2 Å². The van der Waals surface area contributed by atoms with Gasteiger partial charge in [0.25, 0.3) is 5.91 Å². The van der Waals surface area contributed by atoms with Crippen LogP contribution < -0.4 is 24.8 Å². The van der Waals surface area contributed by atoms with Crippen molar-refractivity contribution in [2.24, 2.45) is 0 Å². The first-order chi connectivity index (χ1) is 17.4. The molecule has 1 aliphatic rings. The summed E-state index contributed by atoms with van der Waals surface area (Å²) < 4.78 is 16.6. The molecule has 2 N–H and O–H groups in total. The van der Waals surface area contributed by atoms with E-state index in [9.17, 15) is 9.59 Å². The van der Waals surface area contributed by atoms with Crippen LogP contribution in [0.1, 0.15) is 18.1 Å². The highest BCUT2D eigenvalue weighted by molar-refractivity contribution is 6.30. The largest absolute Gasteiger partial charge is 0.493 e. The normalized spacial score (nSPS) is 14.8. The first-order valence-electron chi connectivity index (χ1n) is 11.5. The lowest BCUT2D eigenvalue weighted by Gasteiger charge is -2.22. The number of carbonyl (C=O) groups is 2. The van der Waals surface area contributed by atoms with Gasteiger partial charge in [-0.1, -0.05) is 23.7 Å². The predicted octanol–water partition coefficient (Wildman–Crippen LogP) is 5.35. The third kappa shape index (κ3) is 6.01. The minimum Gasteiger partial charge on any atom is -0.493 e. The third-order valence-corrected chi connectivity index (χ3v) is 6.08. The molecule has 0 radical (unpaired) electrons. The van der Waals surface area contributed by atoms with Gasteiger partial charge in [0.2, 0.25) is 0 Å². The smallest absolute Gasteiger partial charge is 0.323 e. The SMILES string of the molecule is COc1ccc(CCN2Cc3cc(NC(=O)Nc4cccc(Cl)c4)ccc3O[C@@H](C)C2=O)cc1OC. The van der Waals surface area contributed by atoms with Crippen molar-refractivity contribution in [1.29, 1.82) is 0 Å². The van der Waals surface area contributed by atoms with E-state index in [1.54, 1.807) is 62.4 Å². The molecule has 0 spiro atoms. The number of hydrogen-bond acceptors (Lipinski definition) is 5. The fourth-order valence-corrected chi connectivity index (χ4v) is 4.22. The summed E-state index contributed by atoms with van der Waals surface area (Å²) in [6.07, 6.45) is 0.00954. The van der Waals surface area contributed by atoms with Gasteiger partial charge in [0.15, 0.2) is 17.6 Å². The van der Waals surface area contributed by atoms with Crippen LogP contribution in [-0.2, 0) is 17.8 Å². The zero-order chi connectivity index (χ0) is 25.7. The number of anilines is 2. The van der Waals surface area contributed by atoms with Gasteiger partial charge in [0.1, 0.15) is 5.75 Å². The molecule has 3 aromatic carbocycles. The highest BCUT2D eigenvalue weighted by atomic mass is 35.5. The molecule has 1 aliphatic heterocycles. The Morgan fingerprint density at radius 2 is 1.78 bits per heavy atom. The number of benzene rings is 3. The summed E-state index contributed by atoms with van der Waals surface area (Å²) in [7, 11) is 3.19. The molecule has 0 saturated carbocycles. The lowest BCUT2D eigenvalue weighted by Crippen LogP contribution is -2.39. The van der Waals surface area contributed by atoms with Crippen LogP contribution in [0.15, 0.2) is 60.7 Å². The van der Waals surface area contributed by atoms with E-state index < -0.39 is 12.1 Å². The number of rotatable bonds is 7. The topological polar surface area (TPSA) is 89.1 Å². The minimum absolute atomic E-state index is 0.0973. The van der Waals surface area contributed by atoms with E-state index >= 15 is 0 Å². The lowest BCUT2D eigenvalue weighted by molar-refractivity contribution is -0.137. The molecule has 0 unspecified atom stereocenters. The Kier molecular flexibility index (Phi) is 7.85. The number of carbonyl (C=O) groups excluding carboxylic acids is 2. The van der Waals surface area contributed by atoms with Crippen molar-refractivity contribution in [3.05, 3.63) is 76.8 Å². The van der Waals surface area contributed by atoms with Gasteiger partial charge in [0.05, 0.1) is 14.2 Å². The second-order valence-electron chi connectivity index (χ2n) is 8.37. The average molecular weight is 510 g/mol. The zero-order valence-electron chi connectivity index (χ0n) is 20.3. The van der Waals surface area contributed by atoms with Gasteiger partial charge >= 0.3 is 6.03 Å². The van der Waals surface area contributed by atoms with Gasteiger partial charge in [0, 0.05) is 35.1 Å². The van der Waals surface area contributed by atoms with Gasteiger partial charge in [-0.3, -0.25) is 4.79 Å². The van der Waals surface area contributed by atoms with Crippen molar-refractivity contribution in [2.75, 3.05) is 31.4 Å². The quantitative estimate of drug-likeness (QED) is 0.448. The number of ether oxygens (including phenoxy) is 3. The summed E-state index contributed by atoms with van der Waals surface area (Å²) in [4.78, 5) is 27.3. The van der Waals surface area contributed by atoms with Crippen molar-refractivity contribution in [3.8, 4) is 17.2 Å². The lowest BCUT2D eigenvalue weighted by atomic mass is 10.1. The van der Waals surface area contributed by atoms with Gasteiger partial charge in [-0.15, -0.1) is 0 Å². The van der Waals surface area contributed by atoms with E-state index in [1.807, 2.05) is 24.3 Å². The van der Waals surface area contributed by atoms with Crippen molar-refractivity contribution in [2.45, 2.75) is 26.0 Å². The van der Waals surface area contributed by atoms with Crippen LogP contribution >= 0.6 is 11.6 Å². The second-order valence-corrected chi connectivity index (χ2v) is 8.81. The Morgan fingerprint density at radius 3 is 2.50 bits per heavy atom. The van der Waals surface area contributed by atoms with Gasteiger partial charge in [-0.2, -0.15) is 0 Å². The maximum absolute atomic E-state index is 13.0. The molecule has 3 amide bonds. The molecule has 4 rings (SSSR count). The molecule has 8 nitrogen and oxygen atoms in total. The van der Waals surface area contributed by atoms with Crippen molar-refractivity contribution >= 4 is 34.9 Å². The maximum atomic E-state index is 13.0. The molecule has 0 bridgehead atoms. The average Bonchev–Trinajstić information content (AvgIpc) is 2.98. The number of nitrogens with zero attached hydrogens (tertiary/aromatic N) is 1. The molecule has 0 fully saturated rings. The third-order valence-electron chi connectivity index (χ3n) is 5.84. The first-order valence-corrected chi connectivity index (χ1v) is 11.9. The minimum atomic E-state index is -0.624. The van der Waals surface area contributed by atoms with Crippen molar-refractivity contribution in [3.63, 3.8) is 0 Å². The standard InChI is InChI=1S/C27H28ClN3O5/c1-17-26(32)31(12-11-18-7-9-24(34-2)25(13-18)35-3)16-19-14-22(8-10-23(19)36-17)30-27(33)29-21-6-4-5-20(28)15-21/h4-10,13-15,17H,11-12,16H2,1-3H3,(H2,29,30,33)/t17-/m0/s1. The van der Waals surface area contributed by atoms with E-state index in [2.05, 4.69) is 10.6 Å². The van der Waals surface area contributed by atoms with Crippen molar-refractivity contribution < 1.29 is 23.8 Å². The number of hydrogen-bond donors (Lipinski definition) is 2. The van der Waals surface area contributed by atoms with E-state index in [1.165, 1.54) is 0 Å². The van der Waals surface area contributed by atoms with Crippen LogP contribution in [0, 0.1) is 0 Å². The number of nitrogens with one attached hydrogen (secondary N) is 2. The van der Waals surface area contributed by atoms with Crippen LogP contribution in [0.4, 0.5) is 16.2 Å². The summed E-state index contributed by atoms with van der Waals surface area (Å²) in [5, 5.41) is 6.10. The van der Waals surface area contributed by atoms with E-state index in [-0.39, 0.29) is 5.91 Å².